The first-order chi connectivity index (χ1) is 8.84. The zero-order valence-corrected chi connectivity index (χ0v) is 11.8. The molecule has 2 heterocycles. The Hall–Kier alpha value is -1.63. The van der Waals surface area contributed by atoms with Crippen LogP contribution < -0.4 is 10.6 Å². The second kappa shape index (κ2) is 4.80. The van der Waals surface area contributed by atoms with Gasteiger partial charge in [0.1, 0.15) is 5.69 Å². The van der Waals surface area contributed by atoms with E-state index in [1.807, 2.05) is 0 Å². The number of hydrogen-bond acceptors (Lipinski definition) is 5. The van der Waals surface area contributed by atoms with E-state index in [4.69, 9.17) is 0 Å². The summed E-state index contributed by atoms with van der Waals surface area (Å²) < 4.78 is 23.0. The van der Waals surface area contributed by atoms with Crippen LogP contribution in [0.5, 0.6) is 0 Å². The van der Waals surface area contributed by atoms with E-state index in [-0.39, 0.29) is 23.1 Å². The minimum Gasteiger partial charge on any atom is -0.388 e. The Labute approximate surface area is 112 Å². The summed E-state index contributed by atoms with van der Waals surface area (Å²) in [7, 11) is -1.29. The molecule has 6 nitrogen and oxygen atoms in total. The van der Waals surface area contributed by atoms with Crippen LogP contribution in [-0.2, 0) is 9.84 Å². The van der Waals surface area contributed by atoms with Crippen molar-refractivity contribution in [2.45, 2.75) is 18.9 Å². The maximum absolute atomic E-state index is 12.1. The fraction of sp³-hybridized carbons (Fsp3) is 0.500. The molecule has 0 spiro atoms. The number of carbonyl (C=O) groups is 1. The Balaban J connectivity index is 2.13. The monoisotopic (exact) mass is 283 g/mol. The van der Waals surface area contributed by atoms with E-state index in [0.29, 0.717) is 6.42 Å². The molecular formula is C12H17N3O3S. The molecule has 0 radical (unpaired) electrons. The van der Waals surface area contributed by atoms with Crippen molar-refractivity contribution >= 4 is 21.4 Å². The first kappa shape index (κ1) is 13.8. The van der Waals surface area contributed by atoms with Crippen LogP contribution in [-0.4, -0.2) is 43.4 Å². The molecule has 1 aliphatic rings. The fourth-order valence-corrected chi connectivity index (χ4v) is 4.25. The van der Waals surface area contributed by atoms with E-state index in [9.17, 15) is 13.2 Å². The van der Waals surface area contributed by atoms with Crippen LogP contribution in [0.1, 0.15) is 23.8 Å². The molecule has 2 rings (SSSR count). The van der Waals surface area contributed by atoms with Crippen LogP contribution >= 0.6 is 0 Å². The Morgan fingerprint density at radius 1 is 1.47 bits per heavy atom. The minimum atomic E-state index is -3.04. The summed E-state index contributed by atoms with van der Waals surface area (Å²) in [5, 5.41) is 5.69. The molecular weight excluding hydrogens is 266 g/mol. The summed E-state index contributed by atoms with van der Waals surface area (Å²) in [4.78, 5) is 16.1. The van der Waals surface area contributed by atoms with Gasteiger partial charge in [0.25, 0.3) is 5.91 Å². The zero-order valence-electron chi connectivity index (χ0n) is 10.9. The smallest absolute Gasteiger partial charge is 0.270 e. The summed E-state index contributed by atoms with van der Waals surface area (Å²) in [6, 6.07) is 3.38. The number of carbonyl (C=O) groups excluding carboxylic acids is 1. The standard InChI is InChI=1S/C12H17N3O3S/c1-12(4-6-19(17,18)8-12)15-11(16)10-7-9(13-2)3-5-14-10/h3,5,7H,4,6,8H2,1-2H3,(H,13,14)(H,15,16). The maximum atomic E-state index is 12.1. The molecule has 7 heteroatoms. The van der Waals surface area contributed by atoms with Gasteiger partial charge in [0.05, 0.1) is 17.0 Å². The zero-order chi connectivity index (χ0) is 14.1. The second-order valence-electron chi connectivity index (χ2n) is 5.04. The number of rotatable bonds is 3. The molecule has 1 aliphatic heterocycles. The van der Waals surface area contributed by atoms with E-state index in [1.54, 1.807) is 26.1 Å². The van der Waals surface area contributed by atoms with Crippen LogP contribution in [0.3, 0.4) is 0 Å². The van der Waals surface area contributed by atoms with E-state index in [1.165, 1.54) is 6.20 Å². The predicted octanol–water partition coefficient (Wildman–Crippen LogP) is 0.430. The average Bonchev–Trinajstić information content (AvgIpc) is 2.63. The van der Waals surface area contributed by atoms with Gasteiger partial charge >= 0.3 is 0 Å². The second-order valence-corrected chi connectivity index (χ2v) is 7.22. The fourth-order valence-electron chi connectivity index (χ4n) is 2.16. The Morgan fingerprint density at radius 2 is 2.21 bits per heavy atom. The van der Waals surface area contributed by atoms with Gasteiger partial charge < -0.3 is 10.6 Å². The predicted molar refractivity (Wildman–Crippen MR) is 72.9 cm³/mol. The molecule has 1 saturated heterocycles. The molecule has 1 amide bonds. The van der Waals surface area contributed by atoms with Gasteiger partial charge in [-0.2, -0.15) is 0 Å². The van der Waals surface area contributed by atoms with Crippen molar-refractivity contribution in [3.8, 4) is 0 Å². The third kappa shape index (κ3) is 3.23. The number of pyridine rings is 1. The Bertz CT molecular complexity index is 600. The maximum Gasteiger partial charge on any atom is 0.270 e. The van der Waals surface area contributed by atoms with E-state index >= 15 is 0 Å². The largest absolute Gasteiger partial charge is 0.388 e. The highest BCUT2D eigenvalue weighted by Gasteiger charge is 2.39. The van der Waals surface area contributed by atoms with Gasteiger partial charge in [0.15, 0.2) is 9.84 Å². The molecule has 1 atom stereocenters. The van der Waals surface area contributed by atoms with Crippen LogP contribution in [0, 0.1) is 0 Å². The van der Waals surface area contributed by atoms with E-state index in [0.717, 1.165) is 5.69 Å². The van der Waals surface area contributed by atoms with Gasteiger partial charge in [-0.25, -0.2) is 8.42 Å². The number of sulfone groups is 1. The lowest BCUT2D eigenvalue weighted by Gasteiger charge is -2.23. The van der Waals surface area contributed by atoms with Crippen LogP contribution in [0.4, 0.5) is 5.69 Å². The normalized spacial score (nSPS) is 24.9. The molecule has 1 fully saturated rings. The van der Waals surface area contributed by atoms with Gasteiger partial charge in [-0.1, -0.05) is 0 Å². The molecule has 2 N–H and O–H groups in total. The minimum absolute atomic E-state index is 0.0164. The topological polar surface area (TPSA) is 88.2 Å². The molecule has 19 heavy (non-hydrogen) atoms. The Kier molecular flexibility index (Phi) is 3.49. The summed E-state index contributed by atoms with van der Waals surface area (Å²) in [6.07, 6.45) is 1.97. The third-order valence-corrected chi connectivity index (χ3v) is 5.10. The van der Waals surface area contributed by atoms with Crippen molar-refractivity contribution in [2.75, 3.05) is 23.9 Å². The lowest BCUT2D eigenvalue weighted by Crippen LogP contribution is -2.47. The molecule has 1 unspecified atom stereocenters. The molecule has 0 bridgehead atoms. The third-order valence-electron chi connectivity index (χ3n) is 3.20. The highest BCUT2D eigenvalue weighted by molar-refractivity contribution is 7.91. The molecule has 1 aromatic rings. The van der Waals surface area contributed by atoms with Crippen LogP contribution in [0.15, 0.2) is 18.3 Å². The highest BCUT2D eigenvalue weighted by Crippen LogP contribution is 2.23. The van der Waals surface area contributed by atoms with Crippen molar-refractivity contribution in [2.24, 2.45) is 0 Å². The van der Waals surface area contributed by atoms with Crippen molar-refractivity contribution in [1.29, 1.82) is 0 Å². The quantitative estimate of drug-likeness (QED) is 0.840. The number of anilines is 1. The van der Waals surface area contributed by atoms with Gasteiger partial charge in [-0.15, -0.1) is 0 Å². The first-order valence-corrected chi connectivity index (χ1v) is 7.82. The molecule has 0 aliphatic carbocycles. The number of nitrogens with zero attached hydrogens (tertiary/aromatic N) is 1. The van der Waals surface area contributed by atoms with Crippen LogP contribution in [0.25, 0.3) is 0 Å². The van der Waals surface area contributed by atoms with Crippen molar-refractivity contribution in [3.05, 3.63) is 24.0 Å². The molecule has 104 valence electrons. The lowest BCUT2D eigenvalue weighted by atomic mass is 10.0. The van der Waals surface area contributed by atoms with Crippen molar-refractivity contribution in [1.82, 2.24) is 10.3 Å². The Morgan fingerprint density at radius 3 is 2.79 bits per heavy atom. The van der Waals surface area contributed by atoms with Gasteiger partial charge in [-0.05, 0) is 25.5 Å². The summed E-state index contributed by atoms with van der Waals surface area (Å²) in [5.41, 5.74) is 0.356. The van der Waals surface area contributed by atoms with Gasteiger partial charge in [-0.3, -0.25) is 9.78 Å². The van der Waals surface area contributed by atoms with Gasteiger partial charge in [0.2, 0.25) is 0 Å². The first-order valence-electron chi connectivity index (χ1n) is 6.00. The van der Waals surface area contributed by atoms with Crippen molar-refractivity contribution in [3.63, 3.8) is 0 Å². The summed E-state index contributed by atoms with van der Waals surface area (Å²) >= 11 is 0. The van der Waals surface area contributed by atoms with E-state index < -0.39 is 15.4 Å². The van der Waals surface area contributed by atoms with Crippen LogP contribution in [0.2, 0.25) is 0 Å². The molecule has 1 aromatic heterocycles. The lowest BCUT2D eigenvalue weighted by molar-refractivity contribution is 0.0910. The SMILES string of the molecule is CNc1ccnc(C(=O)NC2(C)CCS(=O)(=O)C2)c1. The number of amides is 1. The van der Waals surface area contributed by atoms with Crippen molar-refractivity contribution < 1.29 is 13.2 Å². The van der Waals surface area contributed by atoms with E-state index in [2.05, 4.69) is 15.6 Å². The number of hydrogen-bond donors (Lipinski definition) is 2. The number of nitrogens with one attached hydrogen (secondary N) is 2. The summed E-state index contributed by atoms with van der Waals surface area (Å²) in [6.45, 7) is 1.75. The average molecular weight is 283 g/mol. The molecule has 0 aromatic carbocycles. The number of aromatic nitrogens is 1. The highest BCUT2D eigenvalue weighted by atomic mass is 32.2. The summed E-state index contributed by atoms with van der Waals surface area (Å²) in [5.74, 6) is -0.248. The molecule has 0 saturated carbocycles. The van der Waals surface area contributed by atoms with Gasteiger partial charge in [0, 0.05) is 18.9 Å².